The molecule has 6 nitrogen and oxygen atoms in total. The van der Waals surface area contributed by atoms with Gasteiger partial charge in [0.25, 0.3) is 0 Å². The standard InChI is InChI=1S/2C6H7N.C4H6O4/c2*1-6-3-2-4-7-5-6;5-3(6)1-2-4(7)8/h2*2-5H,1H3;1-2H2,(H,5,6)(H,7,8). The number of aromatic amines is 2. The molecule has 0 spiro atoms. The zero-order chi connectivity index (χ0) is 16.8. The Hall–Kier alpha value is -2.76. The molecule has 0 amide bonds. The normalized spacial score (nSPS) is 8.64. The lowest BCUT2D eigenvalue weighted by molar-refractivity contribution is -0.378. The van der Waals surface area contributed by atoms with Crippen molar-refractivity contribution in [1.29, 1.82) is 0 Å². The summed E-state index contributed by atoms with van der Waals surface area (Å²) in [6.45, 7) is 4.10. The van der Waals surface area contributed by atoms with Gasteiger partial charge in [-0.1, -0.05) is 0 Å². The first-order valence-electron chi connectivity index (χ1n) is 6.67. The van der Waals surface area contributed by atoms with Gasteiger partial charge in [-0.3, -0.25) is 0 Å². The average molecular weight is 304 g/mol. The highest BCUT2D eigenvalue weighted by Gasteiger charge is 1.85. The van der Waals surface area contributed by atoms with E-state index in [1.807, 2.05) is 36.9 Å². The number of carbonyl (C=O) groups excluding carboxylic acids is 2. The molecular weight excluding hydrogens is 284 g/mol. The van der Waals surface area contributed by atoms with Crippen LogP contribution in [0.25, 0.3) is 0 Å². The van der Waals surface area contributed by atoms with Crippen LogP contribution in [0.4, 0.5) is 0 Å². The Kier molecular flexibility index (Phi) is 10.5. The van der Waals surface area contributed by atoms with Crippen molar-refractivity contribution in [1.82, 2.24) is 0 Å². The maximum absolute atomic E-state index is 9.50. The Bertz CT molecular complexity index is 493. The van der Waals surface area contributed by atoms with Crippen LogP contribution < -0.4 is 20.2 Å². The first kappa shape index (κ1) is 19.2. The molecule has 118 valence electrons. The van der Waals surface area contributed by atoms with Crippen molar-refractivity contribution in [3.8, 4) is 0 Å². The van der Waals surface area contributed by atoms with Crippen molar-refractivity contribution in [2.45, 2.75) is 26.7 Å². The van der Waals surface area contributed by atoms with Crippen LogP contribution in [0.15, 0.2) is 49.1 Å². The second kappa shape index (κ2) is 12.0. The number of nitrogens with one attached hydrogen (secondary N) is 2. The number of hydrogen-bond donors (Lipinski definition) is 0. The van der Waals surface area contributed by atoms with Crippen LogP contribution >= 0.6 is 0 Å². The summed E-state index contributed by atoms with van der Waals surface area (Å²) in [4.78, 5) is 24.9. The van der Waals surface area contributed by atoms with Gasteiger partial charge in [-0.15, -0.1) is 0 Å². The number of carbonyl (C=O) groups is 2. The zero-order valence-electron chi connectivity index (χ0n) is 12.7. The van der Waals surface area contributed by atoms with Crippen molar-refractivity contribution >= 4 is 11.9 Å². The van der Waals surface area contributed by atoms with Gasteiger partial charge in [0, 0.05) is 35.2 Å². The molecule has 6 heteroatoms. The van der Waals surface area contributed by atoms with Gasteiger partial charge in [-0.25, -0.2) is 9.97 Å². The van der Waals surface area contributed by atoms with Gasteiger partial charge in [0.05, 0.1) is 0 Å². The number of carboxylic acids is 2. The molecule has 0 aromatic carbocycles. The maximum Gasteiger partial charge on any atom is 0.169 e. The minimum absolute atomic E-state index is 0.470. The summed E-state index contributed by atoms with van der Waals surface area (Å²) < 4.78 is 0. The number of carboxylic acid groups (broad SMARTS) is 2. The third-order valence-corrected chi connectivity index (χ3v) is 2.26. The summed E-state index contributed by atoms with van der Waals surface area (Å²) in [5.74, 6) is -2.73. The van der Waals surface area contributed by atoms with E-state index in [1.165, 1.54) is 11.1 Å². The molecule has 0 aliphatic rings. The van der Waals surface area contributed by atoms with E-state index in [4.69, 9.17) is 0 Å². The maximum atomic E-state index is 9.50. The minimum atomic E-state index is -1.37. The van der Waals surface area contributed by atoms with Crippen molar-refractivity contribution in [3.63, 3.8) is 0 Å². The lowest BCUT2D eigenvalue weighted by Gasteiger charge is -2.00. The minimum Gasteiger partial charge on any atom is -0.550 e. The first-order chi connectivity index (χ1) is 10.4. The van der Waals surface area contributed by atoms with E-state index in [9.17, 15) is 19.8 Å². The highest BCUT2D eigenvalue weighted by molar-refractivity contribution is 5.72. The number of H-pyrrole nitrogens is 2. The lowest BCUT2D eigenvalue weighted by Crippen LogP contribution is -2.27. The van der Waals surface area contributed by atoms with Gasteiger partial charge in [-0.2, -0.15) is 0 Å². The molecular formula is C16H20N2O4. The summed E-state index contributed by atoms with van der Waals surface area (Å²) >= 11 is 0. The predicted octanol–water partition coefficient (Wildman–Crippen LogP) is -1.12. The van der Waals surface area contributed by atoms with E-state index in [1.54, 1.807) is 0 Å². The van der Waals surface area contributed by atoms with Crippen LogP contribution in [-0.2, 0) is 9.59 Å². The molecule has 2 aromatic heterocycles. The Balaban J connectivity index is 0.000000301. The van der Waals surface area contributed by atoms with E-state index in [0.29, 0.717) is 0 Å². The number of aromatic nitrogens is 2. The first-order valence-corrected chi connectivity index (χ1v) is 6.67. The fraction of sp³-hybridized carbons (Fsp3) is 0.250. The Labute approximate surface area is 129 Å². The van der Waals surface area contributed by atoms with Gasteiger partial charge >= 0.3 is 0 Å². The fourth-order valence-electron chi connectivity index (χ4n) is 1.17. The summed E-state index contributed by atoms with van der Waals surface area (Å²) in [5, 5.41) is 19.0. The smallest absolute Gasteiger partial charge is 0.169 e. The van der Waals surface area contributed by atoms with Gasteiger partial charge in [-0.05, 0) is 38.8 Å². The van der Waals surface area contributed by atoms with Crippen molar-refractivity contribution < 1.29 is 29.8 Å². The summed E-state index contributed by atoms with van der Waals surface area (Å²) in [6.07, 6.45) is 6.77. The van der Waals surface area contributed by atoms with E-state index >= 15 is 0 Å². The molecule has 0 radical (unpaired) electrons. The molecule has 0 saturated carbocycles. The molecule has 0 bridgehead atoms. The Morgan fingerprint density at radius 1 is 0.864 bits per heavy atom. The summed E-state index contributed by atoms with van der Waals surface area (Å²) in [5.41, 5.74) is 2.53. The molecule has 2 aromatic rings. The van der Waals surface area contributed by atoms with E-state index < -0.39 is 24.8 Å². The molecule has 0 fully saturated rings. The number of hydrogen-bond acceptors (Lipinski definition) is 4. The van der Waals surface area contributed by atoms with Gasteiger partial charge in [0.1, 0.15) is 0 Å². The molecule has 0 saturated heterocycles. The van der Waals surface area contributed by atoms with E-state index in [-0.39, 0.29) is 0 Å². The van der Waals surface area contributed by atoms with Crippen molar-refractivity contribution in [2.24, 2.45) is 0 Å². The summed E-state index contributed by atoms with van der Waals surface area (Å²) in [7, 11) is 0. The van der Waals surface area contributed by atoms with E-state index in [0.717, 1.165) is 0 Å². The molecule has 2 N–H and O–H groups in total. The van der Waals surface area contributed by atoms with Crippen LogP contribution in [0.3, 0.4) is 0 Å². The number of aryl methyl sites for hydroxylation is 2. The fourth-order valence-corrected chi connectivity index (χ4v) is 1.17. The zero-order valence-corrected chi connectivity index (χ0v) is 12.7. The monoisotopic (exact) mass is 304 g/mol. The third-order valence-electron chi connectivity index (χ3n) is 2.26. The van der Waals surface area contributed by atoms with Crippen LogP contribution in [0.5, 0.6) is 0 Å². The third kappa shape index (κ3) is 13.7. The Morgan fingerprint density at radius 3 is 1.36 bits per heavy atom. The SMILES string of the molecule is Cc1ccc[nH+]c1.Cc1ccc[nH+]c1.O=C([O-])CCC(=O)[O-]. The van der Waals surface area contributed by atoms with Crippen LogP contribution in [0, 0.1) is 13.8 Å². The molecule has 2 rings (SSSR count). The van der Waals surface area contributed by atoms with Crippen molar-refractivity contribution in [3.05, 3.63) is 60.2 Å². The molecule has 0 atom stereocenters. The molecule has 0 unspecified atom stereocenters. The second-order valence-electron chi connectivity index (χ2n) is 4.41. The lowest BCUT2D eigenvalue weighted by atomic mass is 10.3. The molecule has 0 aliphatic heterocycles. The summed E-state index contributed by atoms with van der Waals surface area (Å²) in [6, 6.07) is 8.07. The van der Waals surface area contributed by atoms with Gasteiger partial charge in [0.2, 0.25) is 0 Å². The van der Waals surface area contributed by atoms with Crippen LogP contribution in [0.2, 0.25) is 0 Å². The topological polar surface area (TPSA) is 109 Å². The molecule has 0 aliphatic carbocycles. The highest BCUT2D eigenvalue weighted by atomic mass is 16.4. The quantitative estimate of drug-likeness (QED) is 0.715. The Morgan fingerprint density at radius 2 is 1.23 bits per heavy atom. The number of aliphatic carboxylic acids is 2. The van der Waals surface area contributed by atoms with Crippen LogP contribution in [-0.4, -0.2) is 11.9 Å². The van der Waals surface area contributed by atoms with Crippen LogP contribution in [0.1, 0.15) is 24.0 Å². The second-order valence-corrected chi connectivity index (χ2v) is 4.41. The number of rotatable bonds is 3. The molecule has 2 heterocycles. The highest BCUT2D eigenvalue weighted by Crippen LogP contribution is 1.85. The molecule has 22 heavy (non-hydrogen) atoms. The van der Waals surface area contributed by atoms with E-state index in [2.05, 4.69) is 35.9 Å². The largest absolute Gasteiger partial charge is 0.550 e. The van der Waals surface area contributed by atoms with Gasteiger partial charge < -0.3 is 19.8 Å². The predicted molar refractivity (Wildman–Crippen MR) is 74.7 cm³/mol. The average Bonchev–Trinajstić information content (AvgIpc) is 2.48. The number of pyridine rings is 2. The van der Waals surface area contributed by atoms with Gasteiger partial charge in [0.15, 0.2) is 24.8 Å². The van der Waals surface area contributed by atoms with Crippen molar-refractivity contribution in [2.75, 3.05) is 0 Å².